The van der Waals surface area contributed by atoms with Crippen LogP contribution in [0.2, 0.25) is 0 Å². The average Bonchev–Trinajstić information content (AvgIpc) is 2.51. The molecule has 1 saturated heterocycles. The smallest absolute Gasteiger partial charge is 0.233 e. The Balaban J connectivity index is 1.72. The number of likely N-dealkylation sites (tertiary alicyclic amines) is 1. The summed E-state index contributed by atoms with van der Waals surface area (Å²) in [5.41, 5.74) is 2.05. The van der Waals surface area contributed by atoms with Gasteiger partial charge in [-0.25, -0.2) is 13.1 Å². The van der Waals surface area contributed by atoms with E-state index in [0.29, 0.717) is 6.54 Å². The molecule has 0 aliphatic carbocycles. The third-order valence-electron chi connectivity index (χ3n) is 4.21. The molecule has 1 N–H and O–H groups in total. The Morgan fingerprint density at radius 2 is 2.04 bits per heavy atom. The molecular formula is C18H28N2O2S. The van der Waals surface area contributed by atoms with Gasteiger partial charge in [0.15, 0.2) is 0 Å². The first-order chi connectivity index (χ1) is 10.9. The summed E-state index contributed by atoms with van der Waals surface area (Å²) in [4.78, 5) is 2.44. The van der Waals surface area contributed by atoms with E-state index in [1.807, 2.05) is 31.2 Å². The molecule has 0 radical (unpaired) electrons. The molecule has 0 amide bonds. The van der Waals surface area contributed by atoms with Crippen LogP contribution < -0.4 is 4.72 Å². The number of piperidine rings is 1. The molecule has 23 heavy (non-hydrogen) atoms. The van der Waals surface area contributed by atoms with Crippen molar-refractivity contribution in [2.45, 2.75) is 33.1 Å². The first kappa shape index (κ1) is 18.2. The van der Waals surface area contributed by atoms with Crippen LogP contribution in [0.25, 0.3) is 6.08 Å². The molecule has 2 rings (SSSR count). The Labute approximate surface area is 140 Å². The minimum absolute atomic E-state index is 0.492. The molecule has 1 aromatic rings. The van der Waals surface area contributed by atoms with Gasteiger partial charge in [0.05, 0.1) is 0 Å². The van der Waals surface area contributed by atoms with Crippen molar-refractivity contribution in [1.82, 2.24) is 9.62 Å². The van der Waals surface area contributed by atoms with Crippen LogP contribution in [0.15, 0.2) is 29.7 Å². The Hall–Kier alpha value is -1.17. The zero-order chi connectivity index (χ0) is 16.7. The van der Waals surface area contributed by atoms with Crippen molar-refractivity contribution < 1.29 is 8.42 Å². The Bertz CT molecular complexity index is 608. The number of rotatable bonds is 7. The Kier molecular flexibility index (Phi) is 6.81. The lowest BCUT2D eigenvalue weighted by molar-refractivity contribution is 0.182. The third-order valence-corrected chi connectivity index (χ3v) is 5.31. The lowest BCUT2D eigenvalue weighted by atomic mass is 10.0. The van der Waals surface area contributed by atoms with Gasteiger partial charge in [-0.05, 0) is 56.8 Å². The zero-order valence-electron chi connectivity index (χ0n) is 14.2. The summed E-state index contributed by atoms with van der Waals surface area (Å²) < 4.78 is 26.6. The van der Waals surface area contributed by atoms with E-state index in [2.05, 4.69) is 16.5 Å². The molecule has 1 aromatic carbocycles. The second-order valence-corrected chi connectivity index (χ2v) is 8.21. The Morgan fingerprint density at radius 1 is 1.30 bits per heavy atom. The van der Waals surface area contributed by atoms with Crippen LogP contribution in [0.4, 0.5) is 0 Å². The van der Waals surface area contributed by atoms with Gasteiger partial charge in [-0.15, -0.1) is 0 Å². The van der Waals surface area contributed by atoms with Gasteiger partial charge in [0.2, 0.25) is 10.0 Å². The van der Waals surface area contributed by atoms with E-state index < -0.39 is 10.0 Å². The fraction of sp³-hybridized carbons (Fsp3) is 0.556. The molecule has 1 atom stereocenters. The highest BCUT2D eigenvalue weighted by atomic mass is 32.2. The van der Waals surface area contributed by atoms with Crippen molar-refractivity contribution in [2.75, 3.05) is 26.2 Å². The zero-order valence-corrected chi connectivity index (χ0v) is 15.0. The van der Waals surface area contributed by atoms with Crippen LogP contribution in [0.1, 0.15) is 37.3 Å². The summed E-state index contributed by atoms with van der Waals surface area (Å²) >= 11 is 0. The topological polar surface area (TPSA) is 49.4 Å². The van der Waals surface area contributed by atoms with Crippen molar-refractivity contribution in [3.05, 3.63) is 40.8 Å². The van der Waals surface area contributed by atoms with E-state index in [-0.39, 0.29) is 0 Å². The lowest BCUT2D eigenvalue weighted by Gasteiger charge is -2.30. The summed E-state index contributed by atoms with van der Waals surface area (Å²) in [6, 6.07) is 7.77. The average molecular weight is 337 g/mol. The lowest BCUT2D eigenvalue weighted by Crippen LogP contribution is -2.36. The first-order valence-corrected chi connectivity index (χ1v) is 9.96. The second-order valence-electron chi connectivity index (χ2n) is 6.55. The van der Waals surface area contributed by atoms with E-state index in [4.69, 9.17) is 0 Å². The van der Waals surface area contributed by atoms with Gasteiger partial charge in [-0.3, -0.25) is 0 Å². The predicted molar refractivity (Wildman–Crippen MR) is 96.6 cm³/mol. The highest BCUT2D eigenvalue weighted by molar-refractivity contribution is 7.92. The molecule has 0 aromatic heterocycles. The van der Waals surface area contributed by atoms with Gasteiger partial charge >= 0.3 is 0 Å². The van der Waals surface area contributed by atoms with Crippen LogP contribution in [-0.2, 0) is 10.0 Å². The van der Waals surface area contributed by atoms with E-state index >= 15 is 0 Å². The summed E-state index contributed by atoms with van der Waals surface area (Å²) in [6.45, 7) is 8.03. The molecule has 5 heteroatoms. The fourth-order valence-electron chi connectivity index (χ4n) is 2.90. The van der Waals surface area contributed by atoms with Crippen LogP contribution >= 0.6 is 0 Å². The number of nitrogens with one attached hydrogen (secondary N) is 1. The van der Waals surface area contributed by atoms with E-state index in [1.165, 1.54) is 18.2 Å². The maximum Gasteiger partial charge on any atom is 0.233 e. The van der Waals surface area contributed by atoms with Gasteiger partial charge in [-0.2, -0.15) is 0 Å². The van der Waals surface area contributed by atoms with Gasteiger partial charge in [0.25, 0.3) is 0 Å². The predicted octanol–water partition coefficient (Wildman–Crippen LogP) is 3.01. The number of sulfonamides is 1. The maximum atomic E-state index is 12.0. The van der Waals surface area contributed by atoms with Crippen molar-refractivity contribution in [2.24, 2.45) is 5.92 Å². The van der Waals surface area contributed by atoms with Crippen molar-refractivity contribution >= 4 is 16.1 Å². The summed E-state index contributed by atoms with van der Waals surface area (Å²) in [5.74, 6) is 0.762. The normalized spacial score (nSPS) is 20.2. The quantitative estimate of drug-likeness (QED) is 0.779. The molecule has 1 fully saturated rings. The number of benzene rings is 1. The fourth-order valence-corrected chi connectivity index (χ4v) is 3.76. The molecule has 0 saturated carbocycles. The number of aryl methyl sites for hydroxylation is 1. The standard InChI is InChI=1S/C18H28N2O2S/c1-16-6-8-18(9-7-16)10-14-23(21,22)19-11-4-13-20-12-3-5-17(2)15-20/h6-10,14,17,19H,3-5,11-13,15H2,1-2H3/b14-10+. The SMILES string of the molecule is Cc1ccc(/C=C/S(=O)(=O)NCCCN2CCCC(C)C2)cc1. The second kappa shape index (κ2) is 8.62. The van der Waals surface area contributed by atoms with Crippen molar-refractivity contribution in [3.63, 3.8) is 0 Å². The largest absolute Gasteiger partial charge is 0.303 e. The molecule has 0 bridgehead atoms. The number of hydrogen-bond acceptors (Lipinski definition) is 3. The molecule has 4 nitrogen and oxygen atoms in total. The van der Waals surface area contributed by atoms with Crippen LogP contribution in [-0.4, -0.2) is 39.5 Å². The number of nitrogens with zero attached hydrogens (tertiary/aromatic N) is 1. The molecule has 1 aliphatic rings. The highest BCUT2D eigenvalue weighted by Crippen LogP contribution is 2.15. The van der Waals surface area contributed by atoms with Crippen molar-refractivity contribution in [3.8, 4) is 0 Å². The van der Waals surface area contributed by atoms with Crippen molar-refractivity contribution in [1.29, 1.82) is 0 Å². The van der Waals surface area contributed by atoms with Gasteiger partial charge in [0.1, 0.15) is 0 Å². The molecular weight excluding hydrogens is 308 g/mol. The minimum Gasteiger partial charge on any atom is -0.303 e. The first-order valence-electron chi connectivity index (χ1n) is 8.41. The summed E-state index contributed by atoms with van der Waals surface area (Å²) in [6.07, 6.45) is 5.05. The van der Waals surface area contributed by atoms with Gasteiger partial charge < -0.3 is 4.90 Å². The van der Waals surface area contributed by atoms with E-state index in [1.54, 1.807) is 6.08 Å². The monoisotopic (exact) mass is 336 g/mol. The molecule has 0 spiro atoms. The van der Waals surface area contributed by atoms with Gasteiger partial charge in [0, 0.05) is 18.5 Å². The van der Waals surface area contributed by atoms with Gasteiger partial charge in [-0.1, -0.05) is 36.8 Å². The minimum atomic E-state index is -3.35. The van der Waals surface area contributed by atoms with Crippen LogP contribution in [0.5, 0.6) is 0 Å². The molecule has 128 valence electrons. The molecule has 1 heterocycles. The summed E-state index contributed by atoms with van der Waals surface area (Å²) in [5, 5.41) is 1.25. The Morgan fingerprint density at radius 3 is 2.74 bits per heavy atom. The van der Waals surface area contributed by atoms with E-state index in [9.17, 15) is 8.42 Å². The molecule has 1 aliphatic heterocycles. The van der Waals surface area contributed by atoms with E-state index in [0.717, 1.165) is 43.1 Å². The van der Waals surface area contributed by atoms with Crippen LogP contribution in [0, 0.1) is 12.8 Å². The summed E-state index contributed by atoms with van der Waals surface area (Å²) in [7, 11) is -3.35. The van der Waals surface area contributed by atoms with Crippen LogP contribution in [0.3, 0.4) is 0 Å². The molecule has 1 unspecified atom stereocenters. The maximum absolute atomic E-state index is 12.0. The third kappa shape index (κ3) is 6.85. The number of hydrogen-bond donors (Lipinski definition) is 1. The highest BCUT2D eigenvalue weighted by Gasteiger charge is 2.15.